The summed E-state index contributed by atoms with van der Waals surface area (Å²) in [6.07, 6.45) is 4.09. The van der Waals surface area contributed by atoms with Gasteiger partial charge in [0, 0.05) is 0 Å². The summed E-state index contributed by atoms with van der Waals surface area (Å²) in [6, 6.07) is 3.99. The second-order valence-corrected chi connectivity index (χ2v) is 5.34. The van der Waals surface area contributed by atoms with Crippen LogP contribution in [-0.2, 0) is 0 Å². The molecule has 0 aromatic heterocycles. The number of nitriles is 2. The van der Waals surface area contributed by atoms with E-state index in [1.165, 1.54) is 0 Å². The number of hydrogen-bond acceptors (Lipinski definition) is 2. The number of hydrogen-bond donors (Lipinski definition) is 0. The minimum atomic E-state index is 0.349. The molecule has 2 nitrogen and oxygen atoms in total. The fourth-order valence-electron chi connectivity index (χ4n) is 2.27. The molecule has 0 aliphatic heterocycles. The molecule has 1 fully saturated rings. The highest BCUT2D eigenvalue weighted by atomic mass is 14.3. The molecule has 0 unspecified atom stereocenters. The summed E-state index contributed by atoms with van der Waals surface area (Å²) < 4.78 is 0. The summed E-state index contributed by atoms with van der Waals surface area (Å²) in [4.78, 5) is 0. The zero-order chi connectivity index (χ0) is 11.5. The van der Waals surface area contributed by atoms with Crippen LogP contribution in [0.1, 0.15) is 46.5 Å². The van der Waals surface area contributed by atoms with Crippen LogP contribution in [0.25, 0.3) is 0 Å². The molecule has 0 N–H and O–H groups in total. The topological polar surface area (TPSA) is 47.6 Å². The van der Waals surface area contributed by atoms with Crippen molar-refractivity contribution in [2.45, 2.75) is 46.5 Å². The normalized spacial score (nSPS) is 21.7. The lowest BCUT2D eigenvalue weighted by molar-refractivity contribution is 0.197. The fraction of sp³-hybridized carbons (Fsp3) is 0.692. The molecule has 80 valence electrons. The molecule has 1 saturated carbocycles. The maximum Gasteiger partial charge on any atom is 0.128 e. The quantitative estimate of drug-likeness (QED) is 0.564. The molecule has 1 aliphatic carbocycles. The minimum Gasteiger partial charge on any atom is -0.192 e. The van der Waals surface area contributed by atoms with Gasteiger partial charge in [-0.05, 0) is 42.6 Å². The van der Waals surface area contributed by atoms with Crippen LogP contribution in [0.15, 0.2) is 11.1 Å². The molecule has 0 bridgehead atoms. The molecule has 1 aliphatic rings. The first-order valence-electron chi connectivity index (χ1n) is 5.51. The molecule has 0 aromatic carbocycles. The van der Waals surface area contributed by atoms with E-state index in [1.807, 2.05) is 12.1 Å². The molecule has 0 amide bonds. The first-order valence-corrected chi connectivity index (χ1v) is 5.51. The van der Waals surface area contributed by atoms with Crippen LogP contribution in [0, 0.1) is 34.0 Å². The zero-order valence-corrected chi connectivity index (χ0v) is 9.80. The Balaban J connectivity index is 2.70. The third-order valence-corrected chi connectivity index (χ3v) is 3.39. The summed E-state index contributed by atoms with van der Waals surface area (Å²) >= 11 is 0. The average Bonchev–Trinajstić information content (AvgIpc) is 2.19. The van der Waals surface area contributed by atoms with Crippen LogP contribution in [0.3, 0.4) is 0 Å². The van der Waals surface area contributed by atoms with E-state index in [9.17, 15) is 0 Å². The Morgan fingerprint density at radius 3 is 1.93 bits per heavy atom. The molecular formula is C13H18N2. The van der Waals surface area contributed by atoms with Gasteiger partial charge in [-0.3, -0.25) is 0 Å². The van der Waals surface area contributed by atoms with Gasteiger partial charge in [-0.15, -0.1) is 0 Å². The van der Waals surface area contributed by atoms with E-state index in [0.717, 1.165) is 37.2 Å². The van der Waals surface area contributed by atoms with Crippen molar-refractivity contribution >= 4 is 0 Å². The van der Waals surface area contributed by atoms with Crippen LogP contribution in [0.2, 0.25) is 0 Å². The van der Waals surface area contributed by atoms with Crippen molar-refractivity contribution in [2.24, 2.45) is 11.3 Å². The van der Waals surface area contributed by atoms with E-state index in [2.05, 4.69) is 20.8 Å². The van der Waals surface area contributed by atoms with Crippen LogP contribution in [-0.4, -0.2) is 0 Å². The van der Waals surface area contributed by atoms with Gasteiger partial charge in [0.1, 0.15) is 17.7 Å². The van der Waals surface area contributed by atoms with E-state index < -0.39 is 0 Å². The lowest BCUT2D eigenvalue weighted by Crippen LogP contribution is -2.23. The highest BCUT2D eigenvalue weighted by Gasteiger charge is 2.28. The molecule has 0 spiro atoms. The van der Waals surface area contributed by atoms with Gasteiger partial charge in [-0.25, -0.2) is 0 Å². The van der Waals surface area contributed by atoms with Crippen LogP contribution < -0.4 is 0 Å². The Hall–Kier alpha value is -1.28. The van der Waals surface area contributed by atoms with Crippen molar-refractivity contribution in [3.8, 4) is 12.1 Å². The van der Waals surface area contributed by atoms with E-state index in [4.69, 9.17) is 10.5 Å². The Kier molecular flexibility index (Phi) is 3.53. The highest BCUT2D eigenvalue weighted by Crippen LogP contribution is 2.40. The standard InChI is InChI=1S/C13H18N2/c1-13(2,3)12-6-4-10(5-7-12)11(8-14)9-15/h12H,4-7H2,1-3H3. The second kappa shape index (κ2) is 4.49. The lowest BCUT2D eigenvalue weighted by Gasteiger charge is -2.34. The molecule has 2 heteroatoms. The monoisotopic (exact) mass is 202 g/mol. The van der Waals surface area contributed by atoms with Crippen LogP contribution in [0.5, 0.6) is 0 Å². The molecule has 1 rings (SSSR count). The largest absolute Gasteiger partial charge is 0.192 e. The molecule has 0 aromatic rings. The van der Waals surface area contributed by atoms with Gasteiger partial charge in [0.2, 0.25) is 0 Å². The maximum absolute atomic E-state index is 8.77. The maximum atomic E-state index is 8.77. The Morgan fingerprint density at radius 2 is 1.60 bits per heavy atom. The number of rotatable bonds is 0. The zero-order valence-electron chi connectivity index (χ0n) is 9.80. The van der Waals surface area contributed by atoms with E-state index in [0.29, 0.717) is 11.0 Å². The smallest absolute Gasteiger partial charge is 0.128 e. The summed E-state index contributed by atoms with van der Waals surface area (Å²) in [5, 5.41) is 17.5. The SMILES string of the molecule is CC(C)(C)C1CCC(=C(C#N)C#N)CC1. The molecule has 0 radical (unpaired) electrons. The minimum absolute atomic E-state index is 0.349. The van der Waals surface area contributed by atoms with E-state index in [-0.39, 0.29) is 0 Å². The second-order valence-electron chi connectivity index (χ2n) is 5.34. The van der Waals surface area contributed by atoms with Crippen molar-refractivity contribution in [3.63, 3.8) is 0 Å². The summed E-state index contributed by atoms with van der Waals surface area (Å²) in [5.74, 6) is 0.722. The van der Waals surface area contributed by atoms with Gasteiger partial charge < -0.3 is 0 Å². The van der Waals surface area contributed by atoms with Gasteiger partial charge in [0.05, 0.1) is 0 Å². The highest BCUT2D eigenvalue weighted by molar-refractivity contribution is 5.40. The Morgan fingerprint density at radius 1 is 1.13 bits per heavy atom. The summed E-state index contributed by atoms with van der Waals surface area (Å²) in [6.45, 7) is 6.80. The van der Waals surface area contributed by atoms with Crippen molar-refractivity contribution in [1.29, 1.82) is 10.5 Å². The third kappa shape index (κ3) is 2.83. The van der Waals surface area contributed by atoms with E-state index in [1.54, 1.807) is 0 Å². The van der Waals surface area contributed by atoms with Crippen molar-refractivity contribution in [1.82, 2.24) is 0 Å². The Bertz CT molecular complexity index is 318. The predicted octanol–water partition coefficient (Wildman–Crippen LogP) is 3.57. The lowest BCUT2D eigenvalue weighted by atomic mass is 9.71. The first-order chi connectivity index (χ1) is 6.99. The van der Waals surface area contributed by atoms with Gasteiger partial charge in [0.15, 0.2) is 0 Å². The van der Waals surface area contributed by atoms with Crippen molar-refractivity contribution in [2.75, 3.05) is 0 Å². The number of nitrogens with zero attached hydrogens (tertiary/aromatic N) is 2. The third-order valence-electron chi connectivity index (χ3n) is 3.39. The molecule has 0 heterocycles. The van der Waals surface area contributed by atoms with Gasteiger partial charge in [0.25, 0.3) is 0 Å². The predicted molar refractivity (Wildman–Crippen MR) is 59.7 cm³/mol. The first kappa shape index (κ1) is 11.8. The van der Waals surface area contributed by atoms with Crippen LogP contribution >= 0.6 is 0 Å². The van der Waals surface area contributed by atoms with Crippen molar-refractivity contribution in [3.05, 3.63) is 11.1 Å². The summed E-state index contributed by atoms with van der Waals surface area (Å²) in [7, 11) is 0. The van der Waals surface area contributed by atoms with Gasteiger partial charge in [-0.1, -0.05) is 20.8 Å². The van der Waals surface area contributed by atoms with Gasteiger partial charge >= 0.3 is 0 Å². The van der Waals surface area contributed by atoms with E-state index >= 15 is 0 Å². The fourth-order valence-corrected chi connectivity index (χ4v) is 2.27. The molecule has 0 atom stereocenters. The van der Waals surface area contributed by atoms with Crippen LogP contribution in [0.4, 0.5) is 0 Å². The average molecular weight is 202 g/mol. The summed E-state index contributed by atoms with van der Waals surface area (Å²) in [5.41, 5.74) is 1.77. The Labute approximate surface area is 92.2 Å². The molecule has 0 saturated heterocycles. The van der Waals surface area contributed by atoms with Gasteiger partial charge in [-0.2, -0.15) is 10.5 Å². The number of allylic oxidation sites excluding steroid dienone is 2. The van der Waals surface area contributed by atoms with Crippen molar-refractivity contribution < 1.29 is 0 Å². The molecule has 15 heavy (non-hydrogen) atoms. The molecular weight excluding hydrogens is 184 g/mol.